The lowest BCUT2D eigenvalue weighted by molar-refractivity contribution is -0.0135. The minimum Gasteiger partial charge on any atom is -0.372 e. The molecule has 2 aliphatic rings. The van der Waals surface area contributed by atoms with Crippen LogP contribution < -0.4 is 5.32 Å². The molecule has 3 rings (SSSR count). The smallest absolute Gasteiger partial charge is 0.101 e. The summed E-state index contributed by atoms with van der Waals surface area (Å²) in [6.07, 6.45) is 9.32. The zero-order valence-corrected chi connectivity index (χ0v) is 13.1. The van der Waals surface area contributed by atoms with Gasteiger partial charge < -0.3 is 10.1 Å². The van der Waals surface area contributed by atoms with Crippen LogP contribution in [0.5, 0.6) is 0 Å². The lowest BCUT2D eigenvalue weighted by Gasteiger charge is -2.36. The third-order valence-electron chi connectivity index (χ3n) is 4.24. The third kappa shape index (κ3) is 3.38. The van der Waals surface area contributed by atoms with E-state index in [0.717, 1.165) is 19.6 Å². The molecule has 0 spiro atoms. The number of ether oxygens (including phenoxy) is 1. The molecule has 3 heterocycles. The topological polar surface area (TPSA) is 39.1 Å². The van der Waals surface area contributed by atoms with Crippen LogP contribution in [0, 0.1) is 0 Å². The minimum absolute atomic E-state index is 0.177. The van der Waals surface area contributed by atoms with Crippen LogP contribution in [-0.4, -0.2) is 40.0 Å². The highest BCUT2D eigenvalue weighted by Gasteiger charge is 2.30. The molecule has 1 aromatic rings. The summed E-state index contributed by atoms with van der Waals surface area (Å²) in [6.45, 7) is 3.91. The Kier molecular flexibility index (Phi) is 5.02. The van der Waals surface area contributed by atoms with E-state index >= 15 is 0 Å². The van der Waals surface area contributed by atoms with Crippen molar-refractivity contribution in [1.29, 1.82) is 0 Å². The standard InChI is InChI=1S/C15H25N3OS/c1-2-18-10-12(9-16-18)15-14(6-3-7-19-15)17-13-5-4-8-20-11-13/h9-10,13-15,17H,2-8,11H2,1H3/t13?,14-,15+/m0/s1. The first kappa shape index (κ1) is 14.4. The largest absolute Gasteiger partial charge is 0.372 e. The Labute approximate surface area is 125 Å². The van der Waals surface area contributed by atoms with E-state index in [4.69, 9.17) is 4.74 Å². The van der Waals surface area contributed by atoms with Gasteiger partial charge in [0.25, 0.3) is 0 Å². The van der Waals surface area contributed by atoms with E-state index in [-0.39, 0.29) is 6.10 Å². The summed E-state index contributed by atoms with van der Waals surface area (Å²) in [5, 5.41) is 8.25. The van der Waals surface area contributed by atoms with Crippen LogP contribution in [0.3, 0.4) is 0 Å². The van der Waals surface area contributed by atoms with Gasteiger partial charge in [-0.3, -0.25) is 4.68 Å². The van der Waals surface area contributed by atoms with Gasteiger partial charge in [0.1, 0.15) is 6.10 Å². The number of thioether (sulfide) groups is 1. The SMILES string of the molecule is CCn1cc([C@H]2OCCC[C@@H]2NC2CCCSC2)cn1. The van der Waals surface area contributed by atoms with Gasteiger partial charge in [0, 0.05) is 42.7 Å². The average molecular weight is 295 g/mol. The van der Waals surface area contributed by atoms with Crippen molar-refractivity contribution in [2.45, 2.75) is 57.3 Å². The van der Waals surface area contributed by atoms with Gasteiger partial charge in [-0.15, -0.1) is 0 Å². The lowest BCUT2D eigenvalue weighted by atomic mass is 9.97. The predicted octanol–water partition coefficient (Wildman–Crippen LogP) is 2.61. The molecule has 1 unspecified atom stereocenters. The maximum absolute atomic E-state index is 6.05. The van der Waals surface area contributed by atoms with Crippen molar-refractivity contribution in [3.05, 3.63) is 18.0 Å². The number of nitrogens with one attached hydrogen (secondary N) is 1. The molecule has 5 heteroatoms. The van der Waals surface area contributed by atoms with Crippen LogP contribution in [0.15, 0.2) is 12.4 Å². The van der Waals surface area contributed by atoms with Crippen LogP contribution in [-0.2, 0) is 11.3 Å². The number of nitrogens with zero attached hydrogens (tertiary/aromatic N) is 2. The first-order valence-electron chi connectivity index (χ1n) is 7.84. The molecule has 0 saturated carbocycles. The van der Waals surface area contributed by atoms with E-state index in [0.29, 0.717) is 12.1 Å². The predicted molar refractivity (Wildman–Crippen MR) is 83.1 cm³/mol. The second-order valence-corrected chi connectivity index (χ2v) is 6.90. The van der Waals surface area contributed by atoms with Crippen molar-refractivity contribution in [2.75, 3.05) is 18.1 Å². The second-order valence-electron chi connectivity index (χ2n) is 5.75. The highest BCUT2D eigenvalue weighted by atomic mass is 32.2. The van der Waals surface area contributed by atoms with Gasteiger partial charge in [0.05, 0.1) is 6.20 Å². The average Bonchev–Trinajstić information content (AvgIpc) is 2.98. The first-order chi connectivity index (χ1) is 9.86. The summed E-state index contributed by atoms with van der Waals surface area (Å²) in [7, 11) is 0. The molecular formula is C15H25N3OS. The monoisotopic (exact) mass is 295 g/mol. The Hall–Kier alpha value is -0.520. The van der Waals surface area contributed by atoms with Crippen LogP contribution in [0.2, 0.25) is 0 Å². The molecule has 2 saturated heterocycles. The molecule has 0 radical (unpaired) electrons. The minimum atomic E-state index is 0.177. The van der Waals surface area contributed by atoms with E-state index in [1.54, 1.807) is 0 Å². The Morgan fingerprint density at radius 2 is 2.40 bits per heavy atom. The van der Waals surface area contributed by atoms with Crippen molar-refractivity contribution < 1.29 is 4.74 Å². The molecule has 0 amide bonds. The van der Waals surface area contributed by atoms with Crippen molar-refractivity contribution in [3.63, 3.8) is 0 Å². The zero-order chi connectivity index (χ0) is 13.8. The fraction of sp³-hybridized carbons (Fsp3) is 0.800. The van der Waals surface area contributed by atoms with Crippen molar-refractivity contribution >= 4 is 11.8 Å². The first-order valence-corrected chi connectivity index (χ1v) is 9.00. The normalized spacial score (nSPS) is 31.4. The van der Waals surface area contributed by atoms with Gasteiger partial charge in [0.15, 0.2) is 0 Å². The maximum Gasteiger partial charge on any atom is 0.101 e. The molecule has 1 aromatic heterocycles. The van der Waals surface area contributed by atoms with Crippen molar-refractivity contribution in [1.82, 2.24) is 15.1 Å². The number of hydrogen-bond acceptors (Lipinski definition) is 4. The van der Waals surface area contributed by atoms with Crippen molar-refractivity contribution in [3.8, 4) is 0 Å². The molecule has 112 valence electrons. The molecule has 20 heavy (non-hydrogen) atoms. The van der Waals surface area contributed by atoms with E-state index in [2.05, 4.69) is 35.3 Å². The molecular weight excluding hydrogens is 270 g/mol. The van der Waals surface area contributed by atoms with Crippen LogP contribution in [0.25, 0.3) is 0 Å². The fourth-order valence-electron chi connectivity index (χ4n) is 3.15. The van der Waals surface area contributed by atoms with Crippen molar-refractivity contribution in [2.24, 2.45) is 0 Å². The van der Waals surface area contributed by atoms with E-state index in [9.17, 15) is 0 Å². The number of aryl methyl sites for hydroxylation is 1. The van der Waals surface area contributed by atoms with Gasteiger partial charge in [-0.05, 0) is 38.4 Å². The van der Waals surface area contributed by atoms with Crippen LogP contribution in [0.1, 0.15) is 44.3 Å². The molecule has 2 aliphatic heterocycles. The number of aromatic nitrogens is 2. The quantitative estimate of drug-likeness (QED) is 0.927. The van der Waals surface area contributed by atoms with E-state index < -0.39 is 0 Å². The Bertz CT molecular complexity index is 417. The van der Waals surface area contributed by atoms with Crippen LogP contribution >= 0.6 is 11.8 Å². The highest BCUT2D eigenvalue weighted by molar-refractivity contribution is 7.99. The second kappa shape index (κ2) is 6.96. The lowest BCUT2D eigenvalue weighted by Crippen LogP contribution is -2.46. The van der Waals surface area contributed by atoms with Gasteiger partial charge in [-0.1, -0.05) is 0 Å². The van der Waals surface area contributed by atoms with Gasteiger partial charge in [0.2, 0.25) is 0 Å². The van der Waals surface area contributed by atoms with Gasteiger partial charge >= 0.3 is 0 Å². The summed E-state index contributed by atoms with van der Waals surface area (Å²) in [5.74, 6) is 2.57. The summed E-state index contributed by atoms with van der Waals surface area (Å²) >= 11 is 2.08. The maximum atomic E-state index is 6.05. The molecule has 1 N–H and O–H groups in total. The highest BCUT2D eigenvalue weighted by Crippen LogP contribution is 2.29. The Morgan fingerprint density at radius 1 is 1.45 bits per heavy atom. The molecule has 3 atom stereocenters. The van der Waals surface area contributed by atoms with E-state index in [1.807, 2.05) is 10.9 Å². The summed E-state index contributed by atoms with van der Waals surface area (Å²) in [5.41, 5.74) is 1.23. The van der Waals surface area contributed by atoms with Crippen LogP contribution in [0.4, 0.5) is 0 Å². The Balaban J connectivity index is 1.66. The summed E-state index contributed by atoms with van der Waals surface area (Å²) in [6, 6.07) is 1.10. The molecule has 2 fully saturated rings. The van der Waals surface area contributed by atoms with Gasteiger partial charge in [-0.25, -0.2) is 0 Å². The van der Waals surface area contributed by atoms with E-state index in [1.165, 1.54) is 36.3 Å². The number of rotatable bonds is 4. The fourth-order valence-corrected chi connectivity index (χ4v) is 4.24. The number of hydrogen-bond donors (Lipinski definition) is 1. The molecule has 4 nitrogen and oxygen atoms in total. The molecule has 0 bridgehead atoms. The third-order valence-corrected chi connectivity index (χ3v) is 5.45. The summed E-state index contributed by atoms with van der Waals surface area (Å²) in [4.78, 5) is 0. The van der Waals surface area contributed by atoms with Gasteiger partial charge in [-0.2, -0.15) is 16.9 Å². The summed E-state index contributed by atoms with van der Waals surface area (Å²) < 4.78 is 8.04. The molecule has 0 aliphatic carbocycles. The zero-order valence-electron chi connectivity index (χ0n) is 12.3. The Morgan fingerprint density at radius 3 is 3.15 bits per heavy atom. The molecule has 0 aromatic carbocycles.